The normalized spacial score (nSPS) is 10.3. The second-order valence-electron chi connectivity index (χ2n) is 3.79. The molecule has 0 bridgehead atoms. The van der Waals surface area contributed by atoms with Gasteiger partial charge < -0.3 is 9.40 Å². The monoisotopic (exact) mass is 314 g/mol. The van der Waals surface area contributed by atoms with Gasteiger partial charge in [-0.15, -0.1) is 4.73 Å². The van der Waals surface area contributed by atoms with Crippen molar-refractivity contribution in [2.45, 2.75) is 6.54 Å². The van der Waals surface area contributed by atoms with Crippen molar-refractivity contribution < 1.29 is 9.63 Å². The molecule has 0 unspecified atom stereocenters. The number of nitrogens with zero attached hydrogens (tertiary/aromatic N) is 2. The Hall–Kier alpha value is -2.05. The highest BCUT2D eigenvalue weighted by atomic mass is 35.5. The van der Waals surface area contributed by atoms with Gasteiger partial charge in [0.25, 0.3) is 11.1 Å². The second-order valence-corrected chi connectivity index (χ2v) is 4.66. The fourth-order valence-electron chi connectivity index (χ4n) is 1.42. The van der Waals surface area contributed by atoms with E-state index in [1.807, 2.05) is 0 Å². The average Bonchev–Trinajstić information content (AvgIpc) is 2.38. The van der Waals surface area contributed by atoms with Crippen LogP contribution in [0, 0.1) is 0 Å². The van der Waals surface area contributed by atoms with Gasteiger partial charge in [-0.2, -0.15) is 0 Å². The quantitative estimate of drug-likeness (QED) is 0.846. The molecule has 2 aromatic heterocycles. The van der Waals surface area contributed by atoms with Crippen LogP contribution in [0.5, 0.6) is 0 Å². The van der Waals surface area contributed by atoms with Crippen molar-refractivity contribution in [1.82, 2.24) is 9.30 Å². The first-order valence-electron chi connectivity index (χ1n) is 5.41. The van der Waals surface area contributed by atoms with E-state index in [9.17, 15) is 14.4 Å². The molecule has 0 aliphatic carbocycles. The first-order valence-corrected chi connectivity index (χ1v) is 6.17. The molecule has 0 aliphatic rings. The molecule has 0 amide bonds. The van der Waals surface area contributed by atoms with E-state index in [2.05, 4.69) is 0 Å². The van der Waals surface area contributed by atoms with Crippen molar-refractivity contribution in [3.63, 3.8) is 0 Å². The Morgan fingerprint density at radius 1 is 1.00 bits per heavy atom. The summed E-state index contributed by atoms with van der Waals surface area (Å²) in [6.45, 7) is -0.377. The number of aromatic nitrogens is 2. The molecular weight excluding hydrogens is 307 g/mol. The molecule has 0 aliphatic heterocycles. The topological polar surface area (TPSA) is 70.3 Å². The lowest BCUT2D eigenvalue weighted by atomic mass is 10.4. The minimum Gasteiger partial charge on any atom is -0.331 e. The predicted molar refractivity (Wildman–Crippen MR) is 73.0 cm³/mol. The summed E-state index contributed by atoms with van der Waals surface area (Å²) in [7, 11) is 0. The van der Waals surface area contributed by atoms with E-state index in [1.165, 1.54) is 24.4 Å². The van der Waals surface area contributed by atoms with E-state index in [4.69, 9.17) is 28.0 Å². The van der Waals surface area contributed by atoms with Crippen molar-refractivity contribution >= 4 is 29.2 Å². The van der Waals surface area contributed by atoms with E-state index in [0.29, 0.717) is 9.75 Å². The molecular formula is C12H8Cl2N2O4. The molecule has 104 valence electrons. The molecule has 0 saturated carbocycles. The number of hydrogen-bond acceptors (Lipinski definition) is 4. The maximum atomic E-state index is 11.7. The Bertz CT molecular complexity index is 703. The molecule has 0 atom stereocenters. The third kappa shape index (κ3) is 3.49. The summed E-state index contributed by atoms with van der Waals surface area (Å²) in [5, 5.41) is 0.537. The minimum absolute atomic E-state index is 0.234. The van der Waals surface area contributed by atoms with Gasteiger partial charge in [-0.25, -0.2) is 4.79 Å². The number of pyridine rings is 2. The van der Waals surface area contributed by atoms with Crippen LogP contribution in [0.2, 0.25) is 10.0 Å². The maximum Gasteiger partial charge on any atom is 0.352 e. The second kappa shape index (κ2) is 5.94. The van der Waals surface area contributed by atoms with E-state index in [1.54, 1.807) is 0 Å². The molecule has 0 spiro atoms. The number of halogens is 2. The van der Waals surface area contributed by atoms with E-state index >= 15 is 0 Å². The fourth-order valence-corrected chi connectivity index (χ4v) is 1.75. The Kier molecular flexibility index (Phi) is 4.26. The number of hydrogen-bond donors (Lipinski definition) is 0. The SMILES string of the molecule is O=C(Cn1cc(Cl)ccc1=O)On1cc(Cl)ccc1=O. The Morgan fingerprint density at radius 2 is 1.60 bits per heavy atom. The maximum absolute atomic E-state index is 11.7. The molecule has 0 aromatic carbocycles. The lowest BCUT2D eigenvalue weighted by molar-refractivity contribution is -0.145. The molecule has 8 heteroatoms. The van der Waals surface area contributed by atoms with Gasteiger partial charge in [0.1, 0.15) is 6.54 Å². The molecule has 2 rings (SSSR count). The van der Waals surface area contributed by atoms with Gasteiger partial charge in [-0.1, -0.05) is 23.2 Å². The Labute approximate surface area is 122 Å². The predicted octanol–water partition coefficient (Wildman–Crippen LogP) is 0.972. The largest absolute Gasteiger partial charge is 0.352 e. The van der Waals surface area contributed by atoms with Gasteiger partial charge in [0, 0.05) is 18.3 Å². The van der Waals surface area contributed by atoms with Crippen LogP contribution in [0.3, 0.4) is 0 Å². The smallest absolute Gasteiger partial charge is 0.331 e. The fraction of sp³-hybridized carbons (Fsp3) is 0.0833. The first kappa shape index (κ1) is 14.4. The van der Waals surface area contributed by atoms with E-state index in [0.717, 1.165) is 16.8 Å². The van der Waals surface area contributed by atoms with Crippen molar-refractivity contribution in [3.8, 4) is 0 Å². The zero-order chi connectivity index (χ0) is 14.7. The number of carbonyl (C=O) groups excluding carboxylic acids is 1. The van der Waals surface area contributed by atoms with Crippen LogP contribution in [-0.4, -0.2) is 15.3 Å². The van der Waals surface area contributed by atoms with Crippen LogP contribution >= 0.6 is 23.2 Å². The van der Waals surface area contributed by atoms with Crippen LogP contribution in [-0.2, 0) is 11.3 Å². The summed E-state index contributed by atoms with van der Waals surface area (Å²) in [5.41, 5.74) is -0.967. The Morgan fingerprint density at radius 3 is 2.30 bits per heavy atom. The molecule has 0 fully saturated rings. The van der Waals surface area contributed by atoms with Gasteiger partial charge in [0.2, 0.25) is 0 Å². The average molecular weight is 315 g/mol. The van der Waals surface area contributed by atoms with Crippen LogP contribution in [0.4, 0.5) is 0 Å². The molecule has 0 saturated heterocycles. The summed E-state index contributed by atoms with van der Waals surface area (Å²) >= 11 is 11.4. The van der Waals surface area contributed by atoms with Gasteiger partial charge in [-0.3, -0.25) is 9.59 Å². The Balaban J connectivity index is 2.17. The van der Waals surface area contributed by atoms with Crippen LogP contribution < -0.4 is 16.0 Å². The molecule has 0 N–H and O–H groups in total. The number of carbonyl (C=O) groups is 1. The van der Waals surface area contributed by atoms with Crippen LogP contribution in [0.25, 0.3) is 0 Å². The standard InChI is InChI=1S/C12H8Cl2N2O4/c13-8-1-3-10(17)15(5-8)7-12(19)20-16-6-9(14)2-4-11(16)18/h1-6H,7H2. The van der Waals surface area contributed by atoms with Gasteiger partial charge >= 0.3 is 5.97 Å². The van der Waals surface area contributed by atoms with Crippen LogP contribution in [0.15, 0.2) is 46.2 Å². The van der Waals surface area contributed by atoms with Crippen molar-refractivity contribution in [2.75, 3.05) is 0 Å². The lowest BCUT2D eigenvalue weighted by Crippen LogP contribution is -2.34. The third-order valence-electron chi connectivity index (χ3n) is 2.29. The lowest BCUT2D eigenvalue weighted by Gasteiger charge is -2.08. The molecule has 2 aromatic rings. The summed E-state index contributed by atoms with van der Waals surface area (Å²) in [5.74, 6) is -0.807. The molecule has 20 heavy (non-hydrogen) atoms. The molecule has 0 radical (unpaired) electrons. The van der Waals surface area contributed by atoms with Gasteiger partial charge in [-0.05, 0) is 12.1 Å². The van der Waals surface area contributed by atoms with Crippen molar-refractivity contribution in [1.29, 1.82) is 0 Å². The van der Waals surface area contributed by atoms with E-state index in [-0.39, 0.29) is 11.6 Å². The third-order valence-corrected chi connectivity index (χ3v) is 2.74. The van der Waals surface area contributed by atoms with Gasteiger partial charge in [0.05, 0.1) is 16.2 Å². The van der Waals surface area contributed by atoms with E-state index < -0.39 is 17.1 Å². The summed E-state index contributed by atoms with van der Waals surface area (Å²) in [6, 6.07) is 5.16. The first-order chi connectivity index (χ1) is 9.45. The summed E-state index contributed by atoms with van der Waals surface area (Å²) in [4.78, 5) is 39.4. The summed E-state index contributed by atoms with van der Waals surface area (Å²) < 4.78 is 1.76. The zero-order valence-electron chi connectivity index (χ0n) is 9.95. The summed E-state index contributed by atoms with van der Waals surface area (Å²) in [6.07, 6.45) is 2.45. The highest BCUT2D eigenvalue weighted by Crippen LogP contribution is 2.04. The highest BCUT2D eigenvalue weighted by Gasteiger charge is 2.09. The minimum atomic E-state index is -0.807. The molecule has 2 heterocycles. The van der Waals surface area contributed by atoms with Crippen molar-refractivity contribution in [2.24, 2.45) is 0 Å². The molecule has 6 nitrogen and oxygen atoms in total. The highest BCUT2D eigenvalue weighted by molar-refractivity contribution is 6.30. The van der Waals surface area contributed by atoms with Crippen molar-refractivity contribution in [3.05, 3.63) is 67.4 Å². The van der Waals surface area contributed by atoms with Gasteiger partial charge in [0.15, 0.2) is 0 Å². The zero-order valence-corrected chi connectivity index (χ0v) is 11.5. The number of rotatable bonds is 3. The van der Waals surface area contributed by atoms with Crippen LogP contribution in [0.1, 0.15) is 0 Å².